The van der Waals surface area contributed by atoms with Gasteiger partial charge in [-0.25, -0.2) is 0 Å². The van der Waals surface area contributed by atoms with Crippen molar-refractivity contribution >= 4 is 17.2 Å². The maximum absolute atomic E-state index is 5.74. The molecule has 0 aromatic rings. The molecule has 1 saturated heterocycles. The van der Waals surface area contributed by atoms with E-state index in [1.54, 1.807) is 0 Å². The van der Waals surface area contributed by atoms with Gasteiger partial charge in [0.25, 0.3) is 0 Å². The first kappa shape index (κ1) is 14.9. The lowest BCUT2D eigenvalue weighted by Crippen LogP contribution is -2.47. The fraction of sp³-hybridized carbons (Fsp3) is 0.923. The van der Waals surface area contributed by atoms with Crippen LogP contribution in [0.15, 0.2) is 0 Å². The van der Waals surface area contributed by atoms with Crippen LogP contribution in [0.3, 0.4) is 0 Å². The molecule has 0 radical (unpaired) electrons. The van der Waals surface area contributed by atoms with Crippen LogP contribution in [0.5, 0.6) is 0 Å². The quantitative estimate of drug-likeness (QED) is 0.767. The first-order valence-corrected chi connectivity index (χ1v) is 6.89. The number of hydrogen-bond donors (Lipinski definition) is 1. The van der Waals surface area contributed by atoms with E-state index >= 15 is 0 Å². The molecule has 0 aliphatic carbocycles. The van der Waals surface area contributed by atoms with E-state index in [2.05, 4.69) is 32.6 Å². The fourth-order valence-electron chi connectivity index (χ4n) is 2.13. The maximum Gasteiger partial charge on any atom is 0.0784 e. The highest BCUT2D eigenvalue weighted by molar-refractivity contribution is 7.80. The average molecular weight is 258 g/mol. The highest BCUT2D eigenvalue weighted by Crippen LogP contribution is 2.23. The van der Waals surface area contributed by atoms with Crippen LogP contribution in [-0.4, -0.2) is 41.7 Å². The van der Waals surface area contributed by atoms with Gasteiger partial charge in [0, 0.05) is 18.0 Å². The van der Waals surface area contributed by atoms with Crippen LogP contribution >= 0.6 is 12.2 Å². The fourth-order valence-corrected chi connectivity index (χ4v) is 2.23. The third-order valence-corrected chi connectivity index (χ3v) is 4.20. The smallest absolute Gasteiger partial charge is 0.0784 e. The van der Waals surface area contributed by atoms with E-state index in [-0.39, 0.29) is 5.41 Å². The number of nitrogens with zero attached hydrogens (tertiary/aromatic N) is 1. The van der Waals surface area contributed by atoms with E-state index in [0.717, 1.165) is 32.5 Å². The highest BCUT2D eigenvalue weighted by Gasteiger charge is 2.25. The van der Waals surface area contributed by atoms with Gasteiger partial charge in [0.1, 0.15) is 0 Å². The van der Waals surface area contributed by atoms with E-state index in [9.17, 15) is 0 Å². The predicted octanol–water partition coefficient (Wildman–Crippen LogP) is 2.19. The molecule has 0 spiro atoms. The molecule has 1 heterocycles. The summed E-state index contributed by atoms with van der Waals surface area (Å²) in [5, 5.41) is 0. The number of rotatable bonds is 5. The third-order valence-electron chi connectivity index (χ3n) is 3.65. The molecule has 1 rings (SSSR count). The average Bonchev–Trinajstić information content (AvgIpc) is 2.22. The van der Waals surface area contributed by atoms with Crippen molar-refractivity contribution in [2.75, 3.05) is 19.7 Å². The van der Waals surface area contributed by atoms with Crippen molar-refractivity contribution in [2.45, 2.75) is 52.7 Å². The molecule has 0 aromatic carbocycles. The van der Waals surface area contributed by atoms with Crippen molar-refractivity contribution in [2.24, 2.45) is 11.1 Å². The van der Waals surface area contributed by atoms with Gasteiger partial charge in [0.2, 0.25) is 0 Å². The lowest BCUT2D eigenvalue weighted by atomic mass is 9.88. The molecule has 3 nitrogen and oxygen atoms in total. The molecule has 1 aliphatic heterocycles. The van der Waals surface area contributed by atoms with Crippen LogP contribution in [0.25, 0.3) is 0 Å². The summed E-state index contributed by atoms with van der Waals surface area (Å²) < 4.78 is 5.62. The maximum atomic E-state index is 5.74. The molecular formula is C13H26N2OS. The highest BCUT2D eigenvalue weighted by atomic mass is 32.1. The second-order valence-corrected chi connectivity index (χ2v) is 6.28. The number of morpholine rings is 1. The van der Waals surface area contributed by atoms with Crippen molar-refractivity contribution in [3.8, 4) is 0 Å². The Hall–Kier alpha value is -0.190. The zero-order valence-electron chi connectivity index (χ0n) is 11.5. The van der Waals surface area contributed by atoms with Crippen LogP contribution in [0.2, 0.25) is 0 Å². The summed E-state index contributed by atoms with van der Waals surface area (Å²) in [6.07, 6.45) is 2.55. The monoisotopic (exact) mass is 258 g/mol. The minimum atomic E-state index is -0.0174. The van der Waals surface area contributed by atoms with E-state index < -0.39 is 0 Å². The first-order chi connectivity index (χ1) is 7.83. The second-order valence-electron chi connectivity index (χ2n) is 5.84. The topological polar surface area (TPSA) is 38.5 Å². The number of nitrogens with two attached hydrogens (primary N) is 1. The molecule has 1 fully saturated rings. The van der Waals surface area contributed by atoms with Crippen LogP contribution in [0.1, 0.15) is 40.5 Å². The van der Waals surface area contributed by atoms with Gasteiger partial charge < -0.3 is 10.5 Å². The molecule has 2 unspecified atom stereocenters. The van der Waals surface area contributed by atoms with Gasteiger partial charge in [-0.3, -0.25) is 4.90 Å². The summed E-state index contributed by atoms with van der Waals surface area (Å²) in [6.45, 7) is 11.6. The van der Waals surface area contributed by atoms with Gasteiger partial charge in [-0.05, 0) is 33.2 Å². The van der Waals surface area contributed by atoms with E-state index in [4.69, 9.17) is 22.7 Å². The number of hydrogen-bond acceptors (Lipinski definition) is 3. The van der Waals surface area contributed by atoms with Gasteiger partial charge in [-0.1, -0.05) is 26.1 Å². The summed E-state index contributed by atoms with van der Waals surface area (Å²) in [5.74, 6) is 0. The first-order valence-electron chi connectivity index (χ1n) is 6.48. The Labute approximate surface area is 111 Å². The zero-order valence-corrected chi connectivity index (χ0v) is 12.3. The largest absolute Gasteiger partial charge is 0.393 e. The molecule has 2 atom stereocenters. The predicted molar refractivity (Wildman–Crippen MR) is 76.2 cm³/mol. The standard InChI is InChI=1S/C13H26N2OS/c1-10-9-16-11(2)8-15(10)7-5-6-13(3,4)12(14)17/h10-11H,5-9H2,1-4H3,(H2,14,17). The van der Waals surface area contributed by atoms with Crippen LogP contribution in [0.4, 0.5) is 0 Å². The number of ether oxygens (including phenoxy) is 1. The summed E-state index contributed by atoms with van der Waals surface area (Å²) in [5.41, 5.74) is 5.72. The Morgan fingerprint density at radius 3 is 2.71 bits per heavy atom. The van der Waals surface area contributed by atoms with E-state index in [1.807, 2.05) is 0 Å². The summed E-state index contributed by atoms with van der Waals surface area (Å²) >= 11 is 5.09. The molecule has 100 valence electrons. The Balaban J connectivity index is 2.32. The van der Waals surface area contributed by atoms with Gasteiger partial charge in [0.15, 0.2) is 0 Å². The Morgan fingerprint density at radius 2 is 2.12 bits per heavy atom. The van der Waals surface area contributed by atoms with Crippen molar-refractivity contribution < 1.29 is 4.74 Å². The molecule has 0 amide bonds. The van der Waals surface area contributed by atoms with Crippen molar-refractivity contribution in [3.05, 3.63) is 0 Å². The molecule has 17 heavy (non-hydrogen) atoms. The second kappa shape index (κ2) is 6.12. The van der Waals surface area contributed by atoms with Crippen LogP contribution < -0.4 is 5.73 Å². The lowest BCUT2D eigenvalue weighted by molar-refractivity contribution is -0.0499. The molecule has 1 aliphatic rings. The van der Waals surface area contributed by atoms with Gasteiger partial charge in [-0.15, -0.1) is 0 Å². The third kappa shape index (κ3) is 4.53. The Morgan fingerprint density at radius 1 is 1.47 bits per heavy atom. The number of thiocarbonyl (C=S) groups is 1. The lowest BCUT2D eigenvalue weighted by Gasteiger charge is -2.37. The molecule has 4 heteroatoms. The minimum absolute atomic E-state index is 0.0174. The summed E-state index contributed by atoms with van der Waals surface area (Å²) in [4.78, 5) is 3.13. The van der Waals surface area contributed by atoms with Crippen molar-refractivity contribution in [3.63, 3.8) is 0 Å². The molecule has 0 aromatic heterocycles. The van der Waals surface area contributed by atoms with Gasteiger partial charge in [-0.2, -0.15) is 0 Å². The molecule has 0 bridgehead atoms. The summed E-state index contributed by atoms with van der Waals surface area (Å²) in [6, 6.07) is 0.527. The van der Waals surface area contributed by atoms with E-state index in [0.29, 0.717) is 17.1 Å². The summed E-state index contributed by atoms with van der Waals surface area (Å²) in [7, 11) is 0. The van der Waals surface area contributed by atoms with Crippen molar-refractivity contribution in [1.29, 1.82) is 0 Å². The minimum Gasteiger partial charge on any atom is -0.393 e. The molecule has 0 saturated carbocycles. The molecule has 2 N–H and O–H groups in total. The van der Waals surface area contributed by atoms with Gasteiger partial charge >= 0.3 is 0 Å². The van der Waals surface area contributed by atoms with Crippen LogP contribution in [-0.2, 0) is 4.74 Å². The van der Waals surface area contributed by atoms with Gasteiger partial charge in [0.05, 0.1) is 17.7 Å². The van der Waals surface area contributed by atoms with Crippen LogP contribution in [0, 0.1) is 5.41 Å². The van der Waals surface area contributed by atoms with E-state index in [1.165, 1.54) is 0 Å². The zero-order chi connectivity index (χ0) is 13.1. The normalized spacial score (nSPS) is 27.1. The Bertz CT molecular complexity index is 268. The Kier molecular flexibility index (Phi) is 5.35. The van der Waals surface area contributed by atoms with Crippen molar-refractivity contribution in [1.82, 2.24) is 4.90 Å². The SMILES string of the molecule is CC1CN(CCCC(C)(C)C(N)=S)C(C)CO1. The molecular weight excluding hydrogens is 232 g/mol.